The van der Waals surface area contributed by atoms with Crippen LogP contribution in [0, 0.1) is 0 Å². The van der Waals surface area contributed by atoms with Crippen molar-refractivity contribution in [1.29, 1.82) is 0 Å². The number of carbonyl (C=O) groups is 2. The number of nitrogens with one attached hydrogen (secondary N) is 1. The molecule has 1 aliphatic carbocycles. The van der Waals surface area contributed by atoms with Gasteiger partial charge in [0.1, 0.15) is 11.8 Å². The summed E-state index contributed by atoms with van der Waals surface area (Å²) in [6.07, 6.45) is 4.57. The van der Waals surface area contributed by atoms with Gasteiger partial charge in [-0.05, 0) is 75.6 Å². The summed E-state index contributed by atoms with van der Waals surface area (Å²) >= 11 is 9.70. The summed E-state index contributed by atoms with van der Waals surface area (Å²) in [6.45, 7) is 4.34. The molecule has 0 saturated heterocycles. The quantitative estimate of drug-likeness (QED) is 0.247. The topological polar surface area (TPSA) is 58.6 Å². The van der Waals surface area contributed by atoms with E-state index in [0.29, 0.717) is 23.1 Å². The Labute approximate surface area is 245 Å². The molecule has 7 heteroatoms. The number of benzene rings is 3. The van der Waals surface area contributed by atoms with Gasteiger partial charge in [0.2, 0.25) is 5.91 Å². The predicted molar refractivity (Wildman–Crippen MR) is 160 cm³/mol. The molecule has 1 fully saturated rings. The van der Waals surface area contributed by atoms with Crippen molar-refractivity contribution in [3.05, 3.63) is 99.0 Å². The van der Waals surface area contributed by atoms with E-state index >= 15 is 0 Å². The minimum absolute atomic E-state index is 0.129. The lowest BCUT2D eigenvalue weighted by atomic mass is 10.0. The molecule has 0 spiro atoms. The molecule has 3 aromatic carbocycles. The third-order valence-electron chi connectivity index (χ3n) is 7.21. The third-order valence-corrected chi connectivity index (χ3v) is 8.08. The molecule has 5 nitrogen and oxygen atoms in total. The van der Waals surface area contributed by atoms with Crippen LogP contribution in [0.25, 0.3) is 0 Å². The smallest absolute Gasteiger partial charge is 0.261 e. The van der Waals surface area contributed by atoms with Crippen molar-refractivity contribution < 1.29 is 14.3 Å². The van der Waals surface area contributed by atoms with Crippen LogP contribution in [0.15, 0.2) is 77.3 Å². The average Bonchev–Trinajstić information content (AvgIpc) is 3.44. The van der Waals surface area contributed by atoms with Crippen LogP contribution in [0.3, 0.4) is 0 Å². The molecular weight excluding hydrogens is 576 g/mol. The third kappa shape index (κ3) is 8.33. The van der Waals surface area contributed by atoms with E-state index in [1.165, 1.54) is 5.56 Å². The Hall–Kier alpha value is -2.83. The average molecular weight is 612 g/mol. The zero-order valence-electron chi connectivity index (χ0n) is 22.5. The molecule has 0 aromatic heterocycles. The van der Waals surface area contributed by atoms with Crippen LogP contribution in [0.4, 0.5) is 0 Å². The lowest BCUT2D eigenvalue weighted by Gasteiger charge is -2.32. The maximum Gasteiger partial charge on any atom is 0.261 e. The zero-order chi connectivity index (χ0) is 27.8. The Bertz CT molecular complexity index is 1240. The highest BCUT2D eigenvalue weighted by Crippen LogP contribution is 2.29. The number of halogens is 2. The van der Waals surface area contributed by atoms with E-state index in [0.717, 1.165) is 41.3 Å². The fourth-order valence-electron chi connectivity index (χ4n) is 4.92. The summed E-state index contributed by atoms with van der Waals surface area (Å²) in [7, 11) is 0. The first-order chi connectivity index (χ1) is 18.8. The first kappa shape index (κ1) is 29.2. The van der Waals surface area contributed by atoms with E-state index in [9.17, 15) is 9.59 Å². The van der Waals surface area contributed by atoms with Gasteiger partial charge < -0.3 is 15.0 Å². The normalized spacial score (nSPS) is 14.3. The van der Waals surface area contributed by atoms with Gasteiger partial charge >= 0.3 is 0 Å². The van der Waals surface area contributed by atoms with Crippen LogP contribution >= 0.6 is 27.5 Å². The predicted octanol–water partition coefficient (Wildman–Crippen LogP) is 7.30. The maximum atomic E-state index is 13.8. The number of hydrogen-bond donors (Lipinski definition) is 1. The van der Waals surface area contributed by atoms with E-state index in [1.807, 2.05) is 60.7 Å². The molecule has 1 N–H and O–H groups in total. The second-order valence-electron chi connectivity index (χ2n) is 10.5. The molecule has 4 rings (SSSR count). The van der Waals surface area contributed by atoms with Crippen molar-refractivity contribution in [2.45, 2.75) is 70.5 Å². The van der Waals surface area contributed by atoms with E-state index in [1.54, 1.807) is 17.0 Å². The van der Waals surface area contributed by atoms with Crippen LogP contribution in [-0.2, 0) is 22.6 Å². The molecule has 1 atom stereocenters. The minimum Gasteiger partial charge on any atom is -0.483 e. The van der Waals surface area contributed by atoms with E-state index in [4.69, 9.17) is 16.3 Å². The van der Waals surface area contributed by atoms with Gasteiger partial charge in [0.25, 0.3) is 5.91 Å². The molecule has 1 saturated carbocycles. The second-order valence-corrected chi connectivity index (χ2v) is 11.8. The molecular formula is C32H36BrClN2O3. The minimum atomic E-state index is -0.688. The fraction of sp³-hybridized carbons (Fsp3) is 0.375. The standard InChI is InChI=1S/C32H36BrClN2O3/c1-22(2)25-14-17-30(28(33)19-25)39-21-31(37)36(20-24-12-15-26(34)16-13-24)29(18-23-8-4-3-5-9-23)32(38)35-27-10-6-7-11-27/h3-5,8-9,12-17,19,22,27,29H,6-7,10-11,18,20-21H2,1-2H3,(H,35,38)/t29-/m0/s1. The second kappa shape index (κ2) is 14.0. The molecule has 0 bridgehead atoms. The van der Waals surface area contributed by atoms with Gasteiger partial charge in [-0.15, -0.1) is 0 Å². The first-order valence-corrected chi connectivity index (χ1v) is 14.8. The number of carbonyl (C=O) groups excluding carboxylic acids is 2. The zero-order valence-corrected chi connectivity index (χ0v) is 24.9. The molecule has 0 unspecified atom stereocenters. The monoisotopic (exact) mass is 610 g/mol. The number of amides is 2. The molecule has 0 radical (unpaired) electrons. The maximum absolute atomic E-state index is 13.8. The Balaban J connectivity index is 1.60. The molecule has 0 heterocycles. The Kier molecular flexibility index (Phi) is 10.5. The number of rotatable bonds is 11. The highest BCUT2D eigenvalue weighted by atomic mass is 79.9. The summed E-state index contributed by atoms with van der Waals surface area (Å²) in [5.41, 5.74) is 3.06. The lowest BCUT2D eigenvalue weighted by molar-refractivity contribution is -0.143. The SMILES string of the molecule is CC(C)c1ccc(OCC(=O)N(Cc2ccc(Cl)cc2)[C@@H](Cc2ccccc2)C(=O)NC2CCCC2)c(Br)c1. The Morgan fingerprint density at radius 3 is 2.33 bits per heavy atom. The highest BCUT2D eigenvalue weighted by molar-refractivity contribution is 9.10. The highest BCUT2D eigenvalue weighted by Gasteiger charge is 2.32. The van der Waals surface area contributed by atoms with Gasteiger partial charge in [-0.1, -0.05) is 86.8 Å². The summed E-state index contributed by atoms with van der Waals surface area (Å²) in [6, 6.07) is 22.6. The van der Waals surface area contributed by atoms with Crippen LogP contribution in [0.1, 0.15) is 62.1 Å². The van der Waals surface area contributed by atoms with Gasteiger partial charge in [-0.3, -0.25) is 9.59 Å². The molecule has 39 heavy (non-hydrogen) atoms. The first-order valence-electron chi connectivity index (χ1n) is 13.6. The van der Waals surface area contributed by atoms with Gasteiger partial charge in [-0.25, -0.2) is 0 Å². The van der Waals surface area contributed by atoms with E-state index in [-0.39, 0.29) is 31.0 Å². The Morgan fingerprint density at radius 2 is 1.69 bits per heavy atom. The van der Waals surface area contributed by atoms with Crippen molar-refractivity contribution in [1.82, 2.24) is 10.2 Å². The largest absolute Gasteiger partial charge is 0.483 e. The summed E-state index contributed by atoms with van der Waals surface area (Å²) < 4.78 is 6.79. The summed E-state index contributed by atoms with van der Waals surface area (Å²) in [4.78, 5) is 29.2. The van der Waals surface area contributed by atoms with Gasteiger partial charge in [0, 0.05) is 24.0 Å². The van der Waals surface area contributed by atoms with Gasteiger partial charge in [0.05, 0.1) is 4.47 Å². The van der Waals surface area contributed by atoms with Crippen LogP contribution < -0.4 is 10.1 Å². The molecule has 0 aliphatic heterocycles. The number of ether oxygens (including phenoxy) is 1. The Morgan fingerprint density at radius 1 is 1.00 bits per heavy atom. The summed E-state index contributed by atoms with van der Waals surface area (Å²) in [5, 5.41) is 3.85. The van der Waals surface area contributed by atoms with Crippen molar-refractivity contribution in [2.24, 2.45) is 0 Å². The van der Waals surface area contributed by atoms with Crippen molar-refractivity contribution in [2.75, 3.05) is 6.61 Å². The number of hydrogen-bond acceptors (Lipinski definition) is 3. The van der Waals surface area contributed by atoms with Gasteiger partial charge in [-0.2, -0.15) is 0 Å². The molecule has 206 valence electrons. The van der Waals surface area contributed by atoms with Crippen LogP contribution in [0.5, 0.6) is 5.75 Å². The van der Waals surface area contributed by atoms with Crippen LogP contribution in [0.2, 0.25) is 5.02 Å². The van der Waals surface area contributed by atoms with Crippen molar-refractivity contribution >= 4 is 39.3 Å². The van der Waals surface area contributed by atoms with Crippen molar-refractivity contribution in [3.63, 3.8) is 0 Å². The molecule has 3 aromatic rings. The fourth-order valence-corrected chi connectivity index (χ4v) is 5.56. The van der Waals surface area contributed by atoms with E-state index < -0.39 is 6.04 Å². The summed E-state index contributed by atoms with van der Waals surface area (Å²) in [5.74, 6) is 0.584. The number of nitrogens with zero attached hydrogens (tertiary/aromatic N) is 1. The molecule has 2 amide bonds. The molecule has 1 aliphatic rings. The van der Waals surface area contributed by atoms with Gasteiger partial charge in [0.15, 0.2) is 6.61 Å². The van der Waals surface area contributed by atoms with Crippen LogP contribution in [-0.4, -0.2) is 35.4 Å². The van der Waals surface area contributed by atoms with E-state index in [2.05, 4.69) is 35.1 Å². The lowest BCUT2D eigenvalue weighted by Crippen LogP contribution is -2.53. The van der Waals surface area contributed by atoms with Crippen molar-refractivity contribution in [3.8, 4) is 5.75 Å².